The molecule has 0 aliphatic heterocycles. The summed E-state index contributed by atoms with van der Waals surface area (Å²) in [7, 11) is -3.34. The van der Waals surface area contributed by atoms with Crippen molar-refractivity contribution < 1.29 is 8.42 Å². The van der Waals surface area contributed by atoms with Crippen molar-refractivity contribution >= 4 is 10.0 Å². The fourth-order valence-corrected chi connectivity index (χ4v) is 3.16. The van der Waals surface area contributed by atoms with Crippen LogP contribution in [0.2, 0.25) is 0 Å². The second-order valence-electron chi connectivity index (χ2n) is 5.28. The largest absolute Gasteiger partial charge is 0.313 e. The molecule has 0 heterocycles. The number of nitrogens with two attached hydrogens (primary N) is 1. The number of benzene rings is 1. The van der Waals surface area contributed by atoms with Gasteiger partial charge in [-0.15, -0.1) is 0 Å². The minimum atomic E-state index is -3.34. The molecule has 1 saturated carbocycles. The van der Waals surface area contributed by atoms with Crippen LogP contribution in [0.1, 0.15) is 37.2 Å². The Morgan fingerprint density at radius 1 is 1.11 bits per heavy atom. The third-order valence-corrected chi connectivity index (χ3v) is 4.59. The first kappa shape index (κ1) is 14.5. The lowest BCUT2D eigenvalue weighted by molar-refractivity contribution is 0.348. The number of sulfonamides is 1. The lowest BCUT2D eigenvalue weighted by Crippen LogP contribution is -2.36. The highest BCUT2D eigenvalue weighted by Gasteiger charge is 2.21. The van der Waals surface area contributed by atoms with Crippen molar-refractivity contribution in [2.75, 3.05) is 12.3 Å². The van der Waals surface area contributed by atoms with E-state index in [0.29, 0.717) is 18.5 Å². The van der Waals surface area contributed by atoms with Crippen molar-refractivity contribution in [2.24, 2.45) is 5.14 Å². The van der Waals surface area contributed by atoms with Gasteiger partial charge in [-0.3, -0.25) is 0 Å². The molecular formula is C14H22N2O2S. The van der Waals surface area contributed by atoms with E-state index in [1.54, 1.807) is 0 Å². The molecule has 19 heavy (non-hydrogen) atoms. The van der Waals surface area contributed by atoms with Gasteiger partial charge in [-0.2, -0.15) is 0 Å². The molecule has 0 spiro atoms. The fraction of sp³-hybridized carbons (Fsp3) is 0.571. The highest BCUT2D eigenvalue weighted by atomic mass is 32.2. The minimum Gasteiger partial charge on any atom is -0.313 e. The second kappa shape index (κ2) is 6.50. The molecule has 0 saturated heterocycles. The summed E-state index contributed by atoms with van der Waals surface area (Å²) in [5.74, 6) is 0.670. The van der Waals surface area contributed by atoms with E-state index in [4.69, 9.17) is 5.14 Å². The first-order chi connectivity index (χ1) is 9.04. The van der Waals surface area contributed by atoms with Crippen LogP contribution in [0, 0.1) is 0 Å². The van der Waals surface area contributed by atoms with Crippen molar-refractivity contribution in [3.05, 3.63) is 35.9 Å². The molecule has 0 amide bonds. The number of rotatable bonds is 5. The number of primary sulfonamides is 1. The lowest BCUT2D eigenvalue weighted by Gasteiger charge is -2.29. The highest BCUT2D eigenvalue weighted by molar-refractivity contribution is 7.89. The molecular weight excluding hydrogens is 260 g/mol. The van der Waals surface area contributed by atoms with Crippen molar-refractivity contribution in [3.8, 4) is 0 Å². The molecule has 1 aromatic carbocycles. The first-order valence-corrected chi connectivity index (χ1v) is 8.55. The average Bonchev–Trinajstić information content (AvgIpc) is 2.39. The summed E-state index contributed by atoms with van der Waals surface area (Å²) in [5, 5.41) is 8.27. The standard InChI is InChI=1S/C14H22N2O2S/c15-19(17,18)11-10-16-14-8-6-13(7-9-14)12-4-2-1-3-5-12/h1-5,13-14,16H,6-11H2,(H2,15,17,18). The molecule has 4 nitrogen and oxygen atoms in total. The Balaban J connectivity index is 1.74. The first-order valence-electron chi connectivity index (χ1n) is 6.83. The Bertz CT molecular complexity index is 479. The summed E-state index contributed by atoms with van der Waals surface area (Å²) < 4.78 is 21.7. The maximum atomic E-state index is 10.8. The molecule has 1 aliphatic carbocycles. The Morgan fingerprint density at radius 2 is 1.74 bits per heavy atom. The predicted octanol–water partition coefficient (Wildman–Crippen LogP) is 1.59. The summed E-state index contributed by atoms with van der Waals surface area (Å²) in [5.41, 5.74) is 1.42. The van der Waals surface area contributed by atoms with Crippen LogP contribution in [-0.2, 0) is 10.0 Å². The van der Waals surface area contributed by atoms with Gasteiger partial charge in [-0.05, 0) is 37.2 Å². The summed E-state index contributed by atoms with van der Waals surface area (Å²) in [6.07, 6.45) is 4.53. The van der Waals surface area contributed by atoms with Crippen LogP contribution in [-0.4, -0.2) is 26.8 Å². The third-order valence-electron chi connectivity index (χ3n) is 3.82. The van der Waals surface area contributed by atoms with Crippen LogP contribution in [0.3, 0.4) is 0 Å². The molecule has 106 valence electrons. The zero-order valence-corrected chi connectivity index (χ0v) is 11.9. The van der Waals surface area contributed by atoms with Gasteiger partial charge in [0.2, 0.25) is 10.0 Å². The Hall–Kier alpha value is -0.910. The van der Waals surface area contributed by atoms with Gasteiger partial charge < -0.3 is 5.32 Å². The van der Waals surface area contributed by atoms with E-state index in [0.717, 1.165) is 25.7 Å². The second-order valence-corrected chi connectivity index (χ2v) is 7.01. The molecule has 0 radical (unpaired) electrons. The van der Waals surface area contributed by atoms with E-state index in [-0.39, 0.29) is 5.75 Å². The van der Waals surface area contributed by atoms with Crippen LogP contribution in [0.4, 0.5) is 0 Å². The molecule has 1 aromatic rings. The maximum absolute atomic E-state index is 10.8. The molecule has 3 N–H and O–H groups in total. The minimum absolute atomic E-state index is 0.0195. The summed E-state index contributed by atoms with van der Waals surface area (Å²) >= 11 is 0. The van der Waals surface area contributed by atoms with E-state index >= 15 is 0 Å². The van der Waals surface area contributed by atoms with Gasteiger partial charge in [0.15, 0.2) is 0 Å². The Kier molecular flexibility index (Phi) is 4.96. The number of nitrogens with one attached hydrogen (secondary N) is 1. The molecule has 2 rings (SSSR count). The van der Waals surface area contributed by atoms with Crippen LogP contribution >= 0.6 is 0 Å². The molecule has 1 aliphatic rings. The van der Waals surface area contributed by atoms with E-state index in [2.05, 4.69) is 29.6 Å². The molecule has 1 fully saturated rings. The van der Waals surface area contributed by atoms with Crippen LogP contribution in [0.5, 0.6) is 0 Å². The SMILES string of the molecule is NS(=O)(=O)CCNC1CCC(c2ccccc2)CC1. The van der Waals surface area contributed by atoms with E-state index in [9.17, 15) is 8.42 Å². The summed E-state index contributed by atoms with van der Waals surface area (Å²) in [4.78, 5) is 0. The molecule has 0 aromatic heterocycles. The molecule has 0 atom stereocenters. The zero-order valence-electron chi connectivity index (χ0n) is 11.1. The van der Waals surface area contributed by atoms with Gasteiger partial charge in [0, 0.05) is 12.6 Å². The Labute approximate surface area is 115 Å². The topological polar surface area (TPSA) is 72.2 Å². The van der Waals surface area contributed by atoms with Gasteiger partial charge in [0.1, 0.15) is 0 Å². The molecule has 0 bridgehead atoms. The summed E-state index contributed by atoms with van der Waals surface area (Å²) in [6, 6.07) is 11.0. The maximum Gasteiger partial charge on any atom is 0.210 e. The smallest absolute Gasteiger partial charge is 0.210 e. The van der Waals surface area contributed by atoms with Gasteiger partial charge >= 0.3 is 0 Å². The van der Waals surface area contributed by atoms with Crippen molar-refractivity contribution in [1.29, 1.82) is 0 Å². The fourth-order valence-electron chi connectivity index (χ4n) is 2.76. The molecule has 5 heteroatoms. The molecule has 0 unspecified atom stereocenters. The van der Waals surface area contributed by atoms with Crippen molar-refractivity contribution in [2.45, 2.75) is 37.6 Å². The zero-order chi connectivity index (χ0) is 13.7. The van der Waals surface area contributed by atoms with Crippen LogP contribution in [0.15, 0.2) is 30.3 Å². The van der Waals surface area contributed by atoms with Crippen molar-refractivity contribution in [1.82, 2.24) is 5.32 Å². The van der Waals surface area contributed by atoms with Crippen LogP contribution in [0.25, 0.3) is 0 Å². The van der Waals surface area contributed by atoms with Gasteiger partial charge in [0.25, 0.3) is 0 Å². The Morgan fingerprint density at radius 3 is 2.32 bits per heavy atom. The van der Waals surface area contributed by atoms with E-state index < -0.39 is 10.0 Å². The van der Waals surface area contributed by atoms with Gasteiger partial charge in [-0.25, -0.2) is 13.6 Å². The number of hydrogen-bond donors (Lipinski definition) is 2. The summed E-state index contributed by atoms with van der Waals surface area (Å²) in [6.45, 7) is 0.458. The van der Waals surface area contributed by atoms with E-state index in [1.807, 2.05) is 6.07 Å². The predicted molar refractivity (Wildman–Crippen MR) is 77.4 cm³/mol. The average molecular weight is 282 g/mol. The van der Waals surface area contributed by atoms with E-state index in [1.165, 1.54) is 5.56 Å². The lowest BCUT2D eigenvalue weighted by atomic mass is 9.82. The van der Waals surface area contributed by atoms with Gasteiger partial charge in [-0.1, -0.05) is 30.3 Å². The van der Waals surface area contributed by atoms with Gasteiger partial charge in [0.05, 0.1) is 5.75 Å². The normalized spacial score (nSPS) is 24.3. The highest BCUT2D eigenvalue weighted by Crippen LogP contribution is 2.32. The van der Waals surface area contributed by atoms with Crippen LogP contribution < -0.4 is 10.5 Å². The van der Waals surface area contributed by atoms with Crippen molar-refractivity contribution in [3.63, 3.8) is 0 Å². The quantitative estimate of drug-likeness (QED) is 0.861. The monoisotopic (exact) mass is 282 g/mol. The third kappa shape index (κ3) is 4.93. The number of hydrogen-bond acceptors (Lipinski definition) is 3.